The van der Waals surface area contributed by atoms with Crippen LogP contribution >= 0.6 is 22.9 Å². The summed E-state index contributed by atoms with van der Waals surface area (Å²) in [6, 6.07) is 5.40. The molecule has 2 aromatic heterocycles. The average molecular weight is 322 g/mol. The Labute approximate surface area is 129 Å². The zero-order chi connectivity index (χ0) is 14.4. The van der Waals surface area contributed by atoms with Crippen LogP contribution in [0.3, 0.4) is 0 Å². The summed E-state index contributed by atoms with van der Waals surface area (Å²) in [5, 5.41) is 14.4. The number of rotatable bonds is 2. The van der Waals surface area contributed by atoms with Crippen LogP contribution in [-0.4, -0.2) is 26.4 Å². The third kappa shape index (κ3) is 2.27. The van der Waals surface area contributed by atoms with Gasteiger partial charge in [-0.1, -0.05) is 22.9 Å². The van der Waals surface area contributed by atoms with Crippen molar-refractivity contribution in [2.45, 2.75) is 18.9 Å². The molecule has 0 spiro atoms. The number of aromatic nitrogens is 4. The first-order chi connectivity index (χ1) is 10.2. The molecule has 1 aliphatic heterocycles. The minimum atomic E-state index is -0.0145. The second-order valence-corrected chi connectivity index (χ2v) is 6.33. The van der Waals surface area contributed by atoms with Crippen molar-refractivity contribution in [3.8, 4) is 10.6 Å². The molecule has 1 atom stereocenters. The molecule has 3 aromatic rings. The molecule has 1 fully saturated rings. The van der Waals surface area contributed by atoms with E-state index in [1.165, 1.54) is 11.3 Å². The largest absolute Gasteiger partial charge is 0.399 e. The van der Waals surface area contributed by atoms with Gasteiger partial charge in [0.2, 0.25) is 4.96 Å². The highest BCUT2D eigenvalue weighted by molar-refractivity contribution is 7.19. The van der Waals surface area contributed by atoms with Gasteiger partial charge in [0.15, 0.2) is 5.82 Å². The van der Waals surface area contributed by atoms with Crippen molar-refractivity contribution in [2.24, 2.45) is 0 Å². The Bertz CT molecular complexity index is 788. The van der Waals surface area contributed by atoms with Gasteiger partial charge in [-0.2, -0.15) is 9.61 Å². The van der Waals surface area contributed by atoms with Crippen LogP contribution in [0.2, 0.25) is 5.02 Å². The van der Waals surface area contributed by atoms with Gasteiger partial charge >= 0.3 is 0 Å². The van der Waals surface area contributed by atoms with Crippen molar-refractivity contribution in [1.29, 1.82) is 0 Å². The second kappa shape index (κ2) is 4.94. The summed E-state index contributed by atoms with van der Waals surface area (Å²) in [4.78, 5) is 0.744. The average Bonchev–Trinajstić information content (AvgIpc) is 3.13. The standard InChI is InChI=1S/C13H12ClN5OS/c14-8-4-7(5-9(15)6-8)12-18-19-11(10-2-1-3-20-10)16-17-13(19)21-12/h4-6,10H,1-3,15H2. The molecular weight excluding hydrogens is 310 g/mol. The lowest BCUT2D eigenvalue weighted by Gasteiger charge is -2.04. The van der Waals surface area contributed by atoms with Crippen LogP contribution in [0.5, 0.6) is 0 Å². The Balaban J connectivity index is 1.80. The highest BCUT2D eigenvalue weighted by atomic mass is 35.5. The van der Waals surface area contributed by atoms with E-state index in [1.54, 1.807) is 10.6 Å². The number of anilines is 1. The molecule has 8 heteroatoms. The maximum atomic E-state index is 6.05. The van der Waals surface area contributed by atoms with Crippen LogP contribution < -0.4 is 5.73 Å². The molecule has 108 valence electrons. The van der Waals surface area contributed by atoms with Crippen molar-refractivity contribution >= 4 is 33.6 Å². The number of nitrogens with zero attached hydrogens (tertiary/aromatic N) is 4. The summed E-state index contributed by atoms with van der Waals surface area (Å²) < 4.78 is 7.42. The van der Waals surface area contributed by atoms with Crippen LogP contribution in [-0.2, 0) is 4.74 Å². The van der Waals surface area contributed by atoms with Crippen LogP contribution in [0.4, 0.5) is 5.69 Å². The summed E-state index contributed by atoms with van der Waals surface area (Å²) in [6.07, 6.45) is 1.98. The van der Waals surface area contributed by atoms with E-state index in [0.29, 0.717) is 10.7 Å². The normalized spacial score (nSPS) is 18.6. The summed E-state index contributed by atoms with van der Waals surface area (Å²) in [6.45, 7) is 0.765. The van der Waals surface area contributed by atoms with E-state index in [0.717, 1.165) is 40.8 Å². The summed E-state index contributed by atoms with van der Waals surface area (Å²) in [5.41, 5.74) is 7.33. The number of hydrogen-bond donors (Lipinski definition) is 1. The SMILES string of the molecule is Nc1cc(Cl)cc(-c2nn3c(C4CCCO4)nnc3s2)c1. The summed E-state index contributed by atoms with van der Waals surface area (Å²) in [5.74, 6) is 0.764. The Kier molecular flexibility index (Phi) is 3.06. The summed E-state index contributed by atoms with van der Waals surface area (Å²) in [7, 11) is 0. The minimum Gasteiger partial charge on any atom is -0.399 e. The van der Waals surface area contributed by atoms with Crippen LogP contribution in [0.25, 0.3) is 15.5 Å². The lowest BCUT2D eigenvalue weighted by atomic mass is 10.2. The molecule has 0 bridgehead atoms. The van der Waals surface area contributed by atoms with Gasteiger partial charge in [0.25, 0.3) is 0 Å². The van der Waals surface area contributed by atoms with Gasteiger partial charge in [-0.3, -0.25) is 0 Å². The molecule has 0 radical (unpaired) electrons. The van der Waals surface area contributed by atoms with Crippen molar-refractivity contribution in [3.05, 3.63) is 29.0 Å². The van der Waals surface area contributed by atoms with E-state index in [-0.39, 0.29) is 6.10 Å². The first kappa shape index (κ1) is 13.0. The first-order valence-corrected chi connectivity index (χ1v) is 7.80. The third-order valence-electron chi connectivity index (χ3n) is 3.40. The molecule has 6 nitrogen and oxygen atoms in total. The van der Waals surface area contributed by atoms with Gasteiger partial charge in [-0.05, 0) is 31.0 Å². The molecule has 1 unspecified atom stereocenters. The van der Waals surface area contributed by atoms with Crippen LogP contribution in [0.1, 0.15) is 24.8 Å². The summed E-state index contributed by atoms with van der Waals surface area (Å²) >= 11 is 7.51. The van der Waals surface area contributed by atoms with E-state index in [9.17, 15) is 0 Å². The zero-order valence-corrected chi connectivity index (χ0v) is 12.6. The Morgan fingerprint density at radius 3 is 3.00 bits per heavy atom. The lowest BCUT2D eigenvalue weighted by Crippen LogP contribution is -2.03. The number of nitrogens with two attached hydrogens (primary N) is 1. The fraction of sp³-hybridized carbons (Fsp3) is 0.308. The number of hydrogen-bond acceptors (Lipinski definition) is 6. The molecule has 0 amide bonds. The zero-order valence-electron chi connectivity index (χ0n) is 11.0. The highest BCUT2D eigenvalue weighted by Gasteiger charge is 2.25. The third-order valence-corrected chi connectivity index (χ3v) is 4.57. The molecule has 1 saturated heterocycles. The second-order valence-electron chi connectivity index (χ2n) is 4.93. The molecule has 1 aliphatic rings. The van der Waals surface area contributed by atoms with Crippen molar-refractivity contribution < 1.29 is 4.74 Å². The predicted octanol–water partition coefficient (Wildman–Crippen LogP) is 2.94. The number of ether oxygens (including phenoxy) is 1. The molecule has 21 heavy (non-hydrogen) atoms. The number of benzene rings is 1. The molecular formula is C13H12ClN5OS. The Morgan fingerprint density at radius 2 is 2.24 bits per heavy atom. The lowest BCUT2D eigenvalue weighted by molar-refractivity contribution is 0.103. The van der Waals surface area contributed by atoms with E-state index < -0.39 is 0 Å². The van der Waals surface area contributed by atoms with Crippen molar-refractivity contribution in [1.82, 2.24) is 19.8 Å². The maximum absolute atomic E-state index is 6.05. The van der Waals surface area contributed by atoms with Gasteiger partial charge < -0.3 is 10.5 Å². The van der Waals surface area contributed by atoms with Crippen molar-refractivity contribution in [3.63, 3.8) is 0 Å². The fourth-order valence-corrected chi connectivity index (χ4v) is 3.54. The van der Waals surface area contributed by atoms with Crippen LogP contribution in [0, 0.1) is 0 Å². The van der Waals surface area contributed by atoms with Gasteiger partial charge in [0.05, 0.1) is 0 Å². The first-order valence-electron chi connectivity index (χ1n) is 6.61. The Morgan fingerprint density at radius 1 is 1.33 bits per heavy atom. The molecule has 0 aliphatic carbocycles. The van der Waals surface area contributed by atoms with Gasteiger partial charge in [-0.15, -0.1) is 10.2 Å². The quantitative estimate of drug-likeness (QED) is 0.734. The monoisotopic (exact) mass is 321 g/mol. The van der Waals surface area contributed by atoms with E-state index >= 15 is 0 Å². The van der Waals surface area contributed by atoms with E-state index in [2.05, 4.69) is 15.3 Å². The van der Waals surface area contributed by atoms with Gasteiger partial charge in [0, 0.05) is 22.9 Å². The maximum Gasteiger partial charge on any atom is 0.235 e. The predicted molar refractivity (Wildman–Crippen MR) is 81.4 cm³/mol. The Hall–Kier alpha value is -1.70. The molecule has 1 aromatic carbocycles. The van der Waals surface area contributed by atoms with Gasteiger partial charge in [0.1, 0.15) is 11.1 Å². The molecule has 0 saturated carbocycles. The van der Waals surface area contributed by atoms with Crippen LogP contribution in [0.15, 0.2) is 18.2 Å². The highest BCUT2D eigenvalue weighted by Crippen LogP contribution is 2.32. The fourth-order valence-electron chi connectivity index (χ4n) is 2.47. The number of fused-ring (bicyclic) bond motifs is 1. The molecule has 2 N–H and O–H groups in total. The minimum absolute atomic E-state index is 0.0145. The number of halogens is 1. The topological polar surface area (TPSA) is 78.3 Å². The molecule has 3 heterocycles. The van der Waals surface area contributed by atoms with Gasteiger partial charge in [-0.25, -0.2) is 0 Å². The number of nitrogen functional groups attached to an aromatic ring is 1. The van der Waals surface area contributed by atoms with E-state index in [1.807, 2.05) is 12.1 Å². The molecule has 4 rings (SSSR count). The van der Waals surface area contributed by atoms with E-state index in [4.69, 9.17) is 22.1 Å². The van der Waals surface area contributed by atoms with Crippen molar-refractivity contribution in [2.75, 3.05) is 12.3 Å². The smallest absolute Gasteiger partial charge is 0.235 e.